The van der Waals surface area contributed by atoms with E-state index in [2.05, 4.69) is 5.10 Å². The molecule has 0 radical (unpaired) electrons. The smallest absolute Gasteiger partial charge is 0.308 e. The lowest BCUT2D eigenvalue weighted by Crippen LogP contribution is -2.30. The minimum Gasteiger partial charge on any atom is -0.481 e. The van der Waals surface area contributed by atoms with Crippen LogP contribution >= 0.6 is 23.2 Å². The Balaban J connectivity index is 1.79. The van der Waals surface area contributed by atoms with Gasteiger partial charge in [-0.3, -0.25) is 9.59 Å². The highest BCUT2D eigenvalue weighted by molar-refractivity contribution is 6.35. The van der Waals surface area contributed by atoms with E-state index in [1.54, 1.807) is 30.5 Å². The zero-order valence-corrected chi connectivity index (χ0v) is 13.5. The number of amides is 1. The molecule has 0 bridgehead atoms. The van der Waals surface area contributed by atoms with Crippen molar-refractivity contribution in [1.82, 2.24) is 14.7 Å². The molecule has 1 aliphatic rings. The molecule has 2 heterocycles. The molecule has 1 aliphatic heterocycles. The third kappa shape index (κ3) is 3.18. The maximum absolute atomic E-state index is 12.4. The minimum absolute atomic E-state index is 0.211. The molecule has 0 aliphatic carbocycles. The summed E-state index contributed by atoms with van der Waals surface area (Å²) in [6.07, 6.45) is 2.10. The fourth-order valence-corrected chi connectivity index (χ4v) is 3.04. The quantitative estimate of drug-likeness (QED) is 0.920. The van der Waals surface area contributed by atoms with Crippen molar-refractivity contribution in [3.8, 4) is 5.69 Å². The Morgan fingerprint density at radius 3 is 2.70 bits per heavy atom. The number of halogens is 2. The molecular weight excluding hydrogens is 341 g/mol. The maximum atomic E-state index is 12.4. The molecule has 1 atom stereocenters. The number of hydrogen-bond acceptors (Lipinski definition) is 3. The lowest BCUT2D eigenvalue weighted by Gasteiger charge is -2.13. The van der Waals surface area contributed by atoms with Gasteiger partial charge < -0.3 is 10.0 Å². The van der Waals surface area contributed by atoms with Crippen LogP contribution in [0.25, 0.3) is 5.69 Å². The first kappa shape index (κ1) is 15.8. The van der Waals surface area contributed by atoms with E-state index in [-0.39, 0.29) is 18.1 Å². The zero-order valence-electron chi connectivity index (χ0n) is 11.9. The van der Waals surface area contributed by atoms with Gasteiger partial charge >= 0.3 is 5.97 Å². The number of carboxylic acid groups (broad SMARTS) is 1. The predicted octanol–water partition coefficient (Wildman–Crippen LogP) is 2.73. The van der Waals surface area contributed by atoms with E-state index in [4.69, 9.17) is 28.3 Å². The number of aromatic nitrogens is 2. The fraction of sp³-hybridized carbons (Fsp3) is 0.267. The van der Waals surface area contributed by atoms with Crippen LogP contribution in [0.5, 0.6) is 0 Å². The third-order valence-corrected chi connectivity index (χ3v) is 4.33. The van der Waals surface area contributed by atoms with E-state index in [1.807, 2.05) is 0 Å². The van der Waals surface area contributed by atoms with E-state index in [0.29, 0.717) is 28.7 Å². The number of aliphatic carboxylic acids is 1. The number of benzene rings is 1. The molecule has 23 heavy (non-hydrogen) atoms. The van der Waals surface area contributed by atoms with Crippen LogP contribution in [0.2, 0.25) is 10.0 Å². The normalized spacial score (nSPS) is 17.5. The monoisotopic (exact) mass is 353 g/mol. The van der Waals surface area contributed by atoms with Crippen LogP contribution in [0.3, 0.4) is 0 Å². The highest BCUT2D eigenvalue weighted by Crippen LogP contribution is 2.24. The molecule has 1 saturated heterocycles. The molecule has 1 aromatic heterocycles. The van der Waals surface area contributed by atoms with Gasteiger partial charge in [-0.15, -0.1) is 0 Å². The first-order valence-corrected chi connectivity index (χ1v) is 7.74. The molecule has 3 rings (SSSR count). The van der Waals surface area contributed by atoms with Crippen LogP contribution < -0.4 is 0 Å². The van der Waals surface area contributed by atoms with Crippen molar-refractivity contribution >= 4 is 35.1 Å². The Morgan fingerprint density at radius 2 is 2.04 bits per heavy atom. The Bertz CT molecular complexity index is 775. The molecule has 8 heteroatoms. The number of likely N-dealkylation sites (tertiary alicyclic amines) is 1. The van der Waals surface area contributed by atoms with Gasteiger partial charge in [0.2, 0.25) is 0 Å². The van der Waals surface area contributed by atoms with E-state index < -0.39 is 11.9 Å². The number of rotatable bonds is 3. The van der Waals surface area contributed by atoms with Gasteiger partial charge in [0.15, 0.2) is 5.69 Å². The van der Waals surface area contributed by atoms with Gasteiger partial charge in [-0.25, -0.2) is 4.68 Å². The summed E-state index contributed by atoms with van der Waals surface area (Å²) in [4.78, 5) is 24.9. The van der Waals surface area contributed by atoms with Crippen LogP contribution in [0.1, 0.15) is 16.9 Å². The molecule has 0 spiro atoms. The number of hydrogen-bond donors (Lipinski definition) is 1. The Hall–Kier alpha value is -2.05. The molecule has 1 amide bonds. The molecule has 1 aromatic carbocycles. The van der Waals surface area contributed by atoms with Crippen LogP contribution in [-0.2, 0) is 4.79 Å². The summed E-state index contributed by atoms with van der Waals surface area (Å²) in [6.45, 7) is 0.632. The average molecular weight is 354 g/mol. The van der Waals surface area contributed by atoms with Crippen molar-refractivity contribution in [3.63, 3.8) is 0 Å². The number of carbonyl (C=O) groups excluding carboxylic acids is 1. The summed E-state index contributed by atoms with van der Waals surface area (Å²) in [5, 5.41) is 14.2. The molecule has 2 aromatic rings. The minimum atomic E-state index is -0.876. The Morgan fingerprint density at radius 1 is 1.26 bits per heavy atom. The van der Waals surface area contributed by atoms with E-state index in [9.17, 15) is 9.59 Å². The van der Waals surface area contributed by atoms with Gasteiger partial charge in [0.25, 0.3) is 5.91 Å². The van der Waals surface area contributed by atoms with Crippen molar-refractivity contribution in [2.45, 2.75) is 6.42 Å². The second-order valence-electron chi connectivity index (χ2n) is 5.32. The summed E-state index contributed by atoms with van der Waals surface area (Å²) >= 11 is 12.0. The Labute approximate surface area is 142 Å². The first-order chi connectivity index (χ1) is 11.0. The average Bonchev–Trinajstić information content (AvgIpc) is 3.16. The third-order valence-electron chi connectivity index (χ3n) is 3.79. The highest BCUT2D eigenvalue weighted by Gasteiger charge is 2.32. The molecule has 120 valence electrons. The Kier molecular flexibility index (Phi) is 4.28. The second-order valence-corrected chi connectivity index (χ2v) is 6.16. The van der Waals surface area contributed by atoms with Gasteiger partial charge in [-0.05, 0) is 30.7 Å². The van der Waals surface area contributed by atoms with E-state index in [1.165, 1.54) is 9.58 Å². The second kappa shape index (κ2) is 6.22. The fourth-order valence-electron chi connectivity index (χ4n) is 2.55. The molecule has 1 fully saturated rings. The van der Waals surface area contributed by atoms with Crippen molar-refractivity contribution in [3.05, 3.63) is 46.2 Å². The molecule has 6 nitrogen and oxygen atoms in total. The van der Waals surface area contributed by atoms with Crippen LogP contribution in [0.4, 0.5) is 0 Å². The lowest BCUT2D eigenvalue weighted by molar-refractivity contribution is -0.141. The standard InChI is InChI=1S/C15H13Cl2N3O3/c16-10-1-2-13(11(17)7-10)20-6-4-12(18-20)14(21)19-5-3-9(8-19)15(22)23/h1-2,4,6-7,9H,3,5,8H2,(H,22,23). The van der Waals surface area contributed by atoms with Gasteiger partial charge in [0, 0.05) is 24.3 Å². The van der Waals surface area contributed by atoms with E-state index in [0.717, 1.165) is 0 Å². The lowest BCUT2D eigenvalue weighted by atomic mass is 10.1. The van der Waals surface area contributed by atoms with Crippen LogP contribution in [-0.4, -0.2) is 44.8 Å². The largest absolute Gasteiger partial charge is 0.481 e. The SMILES string of the molecule is O=C(O)C1CCN(C(=O)c2ccn(-c3ccc(Cl)cc3Cl)n2)C1. The van der Waals surface area contributed by atoms with Gasteiger partial charge in [-0.1, -0.05) is 23.2 Å². The van der Waals surface area contributed by atoms with Gasteiger partial charge in [0.1, 0.15) is 0 Å². The summed E-state index contributed by atoms with van der Waals surface area (Å²) in [5.74, 6) is -1.66. The number of carbonyl (C=O) groups is 2. The number of nitrogens with zero attached hydrogens (tertiary/aromatic N) is 3. The summed E-state index contributed by atoms with van der Waals surface area (Å²) in [5.41, 5.74) is 0.863. The summed E-state index contributed by atoms with van der Waals surface area (Å²) < 4.78 is 1.50. The van der Waals surface area contributed by atoms with Gasteiger partial charge in [0.05, 0.1) is 16.6 Å². The molecule has 1 N–H and O–H groups in total. The predicted molar refractivity (Wildman–Crippen MR) is 85.2 cm³/mol. The van der Waals surface area contributed by atoms with Crippen LogP contribution in [0.15, 0.2) is 30.5 Å². The van der Waals surface area contributed by atoms with Crippen LogP contribution in [0, 0.1) is 5.92 Å². The zero-order chi connectivity index (χ0) is 16.6. The summed E-state index contributed by atoms with van der Waals surface area (Å²) in [6, 6.07) is 6.58. The molecular formula is C15H13Cl2N3O3. The van der Waals surface area contributed by atoms with Crippen molar-refractivity contribution in [2.75, 3.05) is 13.1 Å². The first-order valence-electron chi connectivity index (χ1n) is 6.99. The van der Waals surface area contributed by atoms with Crippen molar-refractivity contribution < 1.29 is 14.7 Å². The highest BCUT2D eigenvalue weighted by atomic mass is 35.5. The maximum Gasteiger partial charge on any atom is 0.308 e. The topological polar surface area (TPSA) is 75.4 Å². The number of carboxylic acids is 1. The van der Waals surface area contributed by atoms with Crippen molar-refractivity contribution in [1.29, 1.82) is 0 Å². The summed E-state index contributed by atoms with van der Waals surface area (Å²) in [7, 11) is 0. The molecule has 1 unspecified atom stereocenters. The van der Waals surface area contributed by atoms with E-state index >= 15 is 0 Å². The molecule has 0 saturated carbocycles. The van der Waals surface area contributed by atoms with Gasteiger partial charge in [-0.2, -0.15) is 5.10 Å². The van der Waals surface area contributed by atoms with Crippen molar-refractivity contribution in [2.24, 2.45) is 5.92 Å².